The second-order valence-electron chi connectivity index (χ2n) is 7.45. The number of rotatable bonds is 6. The molecule has 0 saturated heterocycles. The maximum absolute atomic E-state index is 12.2. The van der Waals surface area contributed by atoms with Gasteiger partial charge in [0, 0.05) is 5.92 Å². The first-order valence-electron chi connectivity index (χ1n) is 8.63. The summed E-state index contributed by atoms with van der Waals surface area (Å²) in [4.78, 5) is 12.2. The predicted octanol–water partition coefficient (Wildman–Crippen LogP) is 3.28. The SMILES string of the molecule is CC(C)(C)c1ccc(OCCNC(=O)[C@@H]2CCC[C@@H]2CN)cc1.Cl. The van der Waals surface area contributed by atoms with Gasteiger partial charge in [-0.3, -0.25) is 4.79 Å². The number of ether oxygens (including phenoxy) is 1. The largest absolute Gasteiger partial charge is 0.492 e. The van der Waals surface area contributed by atoms with Gasteiger partial charge >= 0.3 is 0 Å². The van der Waals surface area contributed by atoms with Gasteiger partial charge in [0.15, 0.2) is 0 Å². The van der Waals surface area contributed by atoms with E-state index >= 15 is 0 Å². The van der Waals surface area contributed by atoms with E-state index in [4.69, 9.17) is 10.5 Å². The molecule has 1 saturated carbocycles. The van der Waals surface area contributed by atoms with Crippen LogP contribution in [0.25, 0.3) is 0 Å². The molecule has 1 aromatic rings. The van der Waals surface area contributed by atoms with Gasteiger partial charge < -0.3 is 15.8 Å². The summed E-state index contributed by atoms with van der Waals surface area (Å²) >= 11 is 0. The Balaban J connectivity index is 0.00000288. The number of carbonyl (C=O) groups is 1. The number of nitrogens with two attached hydrogens (primary N) is 1. The van der Waals surface area contributed by atoms with Crippen molar-refractivity contribution < 1.29 is 9.53 Å². The third-order valence-electron chi connectivity index (χ3n) is 4.69. The fraction of sp³-hybridized carbons (Fsp3) is 0.632. The Kier molecular flexibility index (Phi) is 8.04. The number of hydrogen-bond acceptors (Lipinski definition) is 3. The van der Waals surface area contributed by atoms with Gasteiger partial charge in [-0.15, -0.1) is 12.4 Å². The molecule has 1 aromatic carbocycles. The zero-order chi connectivity index (χ0) is 16.9. The van der Waals surface area contributed by atoms with E-state index in [-0.39, 0.29) is 29.6 Å². The fourth-order valence-corrected chi connectivity index (χ4v) is 3.19. The van der Waals surface area contributed by atoms with Gasteiger partial charge in [0.1, 0.15) is 12.4 Å². The Labute approximate surface area is 151 Å². The summed E-state index contributed by atoms with van der Waals surface area (Å²) in [6.07, 6.45) is 3.14. The zero-order valence-electron chi connectivity index (χ0n) is 15.0. The number of halogens is 1. The minimum atomic E-state index is 0. The number of hydrogen-bond donors (Lipinski definition) is 2. The van der Waals surface area contributed by atoms with Crippen LogP contribution >= 0.6 is 12.4 Å². The number of benzene rings is 1. The Morgan fingerprint density at radius 2 is 1.92 bits per heavy atom. The second kappa shape index (κ2) is 9.28. The van der Waals surface area contributed by atoms with Crippen molar-refractivity contribution in [3.05, 3.63) is 29.8 Å². The highest BCUT2D eigenvalue weighted by atomic mass is 35.5. The summed E-state index contributed by atoms with van der Waals surface area (Å²) in [5, 5.41) is 2.98. The molecule has 2 rings (SSSR count). The van der Waals surface area contributed by atoms with E-state index in [0.29, 0.717) is 25.6 Å². The van der Waals surface area contributed by atoms with Crippen LogP contribution in [0.4, 0.5) is 0 Å². The molecule has 1 fully saturated rings. The maximum atomic E-state index is 12.2. The van der Waals surface area contributed by atoms with E-state index in [2.05, 4.69) is 38.2 Å². The lowest BCUT2D eigenvalue weighted by atomic mass is 9.87. The molecule has 0 aliphatic heterocycles. The van der Waals surface area contributed by atoms with E-state index in [1.54, 1.807) is 0 Å². The normalized spacial score (nSPS) is 20.3. The van der Waals surface area contributed by atoms with Gasteiger partial charge in [0.25, 0.3) is 0 Å². The van der Waals surface area contributed by atoms with Crippen molar-refractivity contribution in [2.75, 3.05) is 19.7 Å². The topological polar surface area (TPSA) is 64.3 Å². The lowest BCUT2D eigenvalue weighted by Gasteiger charge is -2.19. The van der Waals surface area contributed by atoms with Gasteiger partial charge in [0.2, 0.25) is 5.91 Å². The van der Waals surface area contributed by atoms with E-state index in [0.717, 1.165) is 25.0 Å². The molecule has 0 heterocycles. The summed E-state index contributed by atoms with van der Waals surface area (Å²) in [5.41, 5.74) is 7.16. The minimum absolute atomic E-state index is 0. The van der Waals surface area contributed by atoms with Crippen LogP contribution in [0.1, 0.15) is 45.6 Å². The summed E-state index contributed by atoms with van der Waals surface area (Å²) in [6, 6.07) is 8.17. The minimum Gasteiger partial charge on any atom is -0.492 e. The summed E-state index contributed by atoms with van der Waals surface area (Å²) < 4.78 is 5.70. The van der Waals surface area contributed by atoms with Crippen molar-refractivity contribution in [2.24, 2.45) is 17.6 Å². The van der Waals surface area contributed by atoms with Crippen molar-refractivity contribution in [2.45, 2.75) is 45.4 Å². The quantitative estimate of drug-likeness (QED) is 0.770. The fourth-order valence-electron chi connectivity index (χ4n) is 3.19. The van der Waals surface area contributed by atoms with Crippen LogP contribution in [0, 0.1) is 11.8 Å². The third-order valence-corrected chi connectivity index (χ3v) is 4.69. The first-order valence-corrected chi connectivity index (χ1v) is 8.63. The van der Waals surface area contributed by atoms with Gasteiger partial charge in [0.05, 0.1) is 6.54 Å². The number of carbonyl (C=O) groups excluding carboxylic acids is 1. The molecule has 1 aliphatic carbocycles. The molecule has 5 heteroatoms. The van der Waals surface area contributed by atoms with E-state index in [9.17, 15) is 4.79 Å². The third kappa shape index (κ3) is 5.67. The van der Waals surface area contributed by atoms with Gasteiger partial charge in [-0.2, -0.15) is 0 Å². The van der Waals surface area contributed by atoms with Crippen molar-refractivity contribution in [3.8, 4) is 5.75 Å². The Bertz CT molecular complexity index is 511. The molecule has 0 radical (unpaired) electrons. The summed E-state index contributed by atoms with van der Waals surface area (Å²) in [6.45, 7) is 8.20. The van der Waals surface area contributed by atoms with E-state index in [1.807, 2.05) is 12.1 Å². The predicted molar refractivity (Wildman–Crippen MR) is 101 cm³/mol. The zero-order valence-corrected chi connectivity index (χ0v) is 15.8. The van der Waals surface area contributed by atoms with Crippen molar-refractivity contribution >= 4 is 18.3 Å². The molecule has 0 unspecified atom stereocenters. The average molecular weight is 355 g/mol. The second-order valence-corrected chi connectivity index (χ2v) is 7.45. The lowest BCUT2D eigenvalue weighted by molar-refractivity contribution is -0.126. The molecule has 4 nitrogen and oxygen atoms in total. The van der Waals surface area contributed by atoms with Crippen LogP contribution in [0.15, 0.2) is 24.3 Å². The van der Waals surface area contributed by atoms with Crippen LogP contribution in [0.5, 0.6) is 5.75 Å². The Hall–Kier alpha value is -1.26. The lowest BCUT2D eigenvalue weighted by Crippen LogP contribution is -2.37. The Morgan fingerprint density at radius 1 is 1.25 bits per heavy atom. The molecule has 1 amide bonds. The van der Waals surface area contributed by atoms with Crippen LogP contribution < -0.4 is 15.8 Å². The van der Waals surface area contributed by atoms with Crippen molar-refractivity contribution in [1.29, 1.82) is 0 Å². The molecule has 136 valence electrons. The van der Waals surface area contributed by atoms with Crippen LogP contribution in [-0.2, 0) is 10.2 Å². The first kappa shape index (κ1) is 20.8. The standard InChI is InChI=1S/C19H30N2O2.ClH/c1-19(2,3)15-7-9-16(10-8-15)23-12-11-21-18(22)17-6-4-5-14(17)13-20;/h7-10,14,17H,4-6,11-13,20H2,1-3H3,(H,21,22);1H/t14-,17-;/m1./s1. The monoisotopic (exact) mass is 354 g/mol. The van der Waals surface area contributed by atoms with Crippen LogP contribution in [0.3, 0.4) is 0 Å². The van der Waals surface area contributed by atoms with Gasteiger partial charge in [-0.1, -0.05) is 39.3 Å². The maximum Gasteiger partial charge on any atom is 0.223 e. The van der Waals surface area contributed by atoms with Crippen LogP contribution in [0.2, 0.25) is 0 Å². The van der Waals surface area contributed by atoms with Gasteiger partial charge in [-0.25, -0.2) is 0 Å². The highest BCUT2D eigenvalue weighted by Gasteiger charge is 2.31. The molecule has 24 heavy (non-hydrogen) atoms. The van der Waals surface area contributed by atoms with Gasteiger partial charge in [-0.05, 0) is 48.4 Å². The first-order chi connectivity index (χ1) is 10.9. The smallest absolute Gasteiger partial charge is 0.223 e. The summed E-state index contributed by atoms with van der Waals surface area (Å²) in [5.74, 6) is 1.41. The highest BCUT2D eigenvalue weighted by Crippen LogP contribution is 2.30. The molecule has 0 aromatic heterocycles. The molecule has 3 N–H and O–H groups in total. The Morgan fingerprint density at radius 3 is 2.50 bits per heavy atom. The van der Waals surface area contributed by atoms with E-state index in [1.165, 1.54) is 5.56 Å². The van der Waals surface area contributed by atoms with Crippen molar-refractivity contribution in [3.63, 3.8) is 0 Å². The number of amides is 1. The summed E-state index contributed by atoms with van der Waals surface area (Å²) in [7, 11) is 0. The molecule has 2 atom stereocenters. The number of nitrogens with one attached hydrogen (secondary N) is 1. The molecule has 0 bridgehead atoms. The molecule has 0 spiro atoms. The molecular formula is C19H31ClN2O2. The highest BCUT2D eigenvalue weighted by molar-refractivity contribution is 5.85. The van der Waals surface area contributed by atoms with Crippen LogP contribution in [-0.4, -0.2) is 25.6 Å². The molecular weight excluding hydrogens is 324 g/mol. The van der Waals surface area contributed by atoms with Crippen molar-refractivity contribution in [1.82, 2.24) is 5.32 Å². The van der Waals surface area contributed by atoms with E-state index < -0.39 is 0 Å². The molecule has 1 aliphatic rings. The average Bonchev–Trinajstić information content (AvgIpc) is 2.99.